The maximum atomic E-state index is 11.9. The van der Waals surface area contributed by atoms with Gasteiger partial charge in [-0.1, -0.05) is 23.5 Å². The molecule has 0 saturated carbocycles. The Bertz CT molecular complexity index is 683. The maximum Gasteiger partial charge on any atom is 0.234 e. The summed E-state index contributed by atoms with van der Waals surface area (Å²) in [6.07, 6.45) is 0. The molecule has 110 valence electrons. The number of rotatable bonds is 5. The molecule has 1 aromatic heterocycles. The first-order chi connectivity index (χ1) is 9.95. The SMILES string of the molecule is CC(=O)c1cccc(NC(=O)CSc2sc(N)nc2C)c1. The lowest BCUT2D eigenvalue weighted by atomic mass is 10.1. The van der Waals surface area contributed by atoms with E-state index in [0.29, 0.717) is 16.4 Å². The Morgan fingerprint density at radius 2 is 2.19 bits per heavy atom. The van der Waals surface area contributed by atoms with E-state index in [1.807, 2.05) is 6.92 Å². The number of amides is 1. The molecule has 2 rings (SSSR count). The molecular weight excluding hydrogens is 306 g/mol. The predicted molar refractivity (Wildman–Crippen MR) is 87.1 cm³/mol. The Balaban J connectivity index is 1.94. The number of aromatic nitrogens is 1. The van der Waals surface area contributed by atoms with Crippen molar-refractivity contribution in [2.75, 3.05) is 16.8 Å². The number of ketones is 1. The van der Waals surface area contributed by atoms with Gasteiger partial charge in [-0.05, 0) is 26.0 Å². The molecule has 0 aliphatic heterocycles. The zero-order chi connectivity index (χ0) is 15.4. The Morgan fingerprint density at radius 3 is 2.81 bits per heavy atom. The van der Waals surface area contributed by atoms with Gasteiger partial charge in [-0.3, -0.25) is 9.59 Å². The zero-order valence-electron chi connectivity index (χ0n) is 11.7. The molecule has 21 heavy (non-hydrogen) atoms. The largest absolute Gasteiger partial charge is 0.375 e. The highest BCUT2D eigenvalue weighted by Crippen LogP contribution is 2.30. The summed E-state index contributed by atoms with van der Waals surface area (Å²) in [5, 5.41) is 3.28. The fraction of sp³-hybridized carbons (Fsp3) is 0.214. The van der Waals surface area contributed by atoms with Gasteiger partial charge < -0.3 is 11.1 Å². The molecule has 1 aromatic carbocycles. The second kappa shape index (κ2) is 6.73. The smallest absolute Gasteiger partial charge is 0.234 e. The monoisotopic (exact) mass is 321 g/mol. The number of aryl methyl sites for hydroxylation is 1. The number of nitrogens with two attached hydrogens (primary N) is 1. The number of nitrogen functional groups attached to an aromatic ring is 1. The van der Waals surface area contributed by atoms with E-state index in [1.54, 1.807) is 24.3 Å². The number of carbonyl (C=O) groups excluding carboxylic acids is 2. The van der Waals surface area contributed by atoms with Crippen molar-refractivity contribution in [3.63, 3.8) is 0 Å². The molecule has 2 aromatic rings. The Morgan fingerprint density at radius 1 is 1.43 bits per heavy atom. The molecule has 3 N–H and O–H groups in total. The van der Waals surface area contributed by atoms with Crippen molar-refractivity contribution in [1.29, 1.82) is 0 Å². The van der Waals surface area contributed by atoms with Crippen LogP contribution in [0.3, 0.4) is 0 Å². The van der Waals surface area contributed by atoms with E-state index in [1.165, 1.54) is 30.0 Å². The highest BCUT2D eigenvalue weighted by atomic mass is 32.2. The van der Waals surface area contributed by atoms with Crippen molar-refractivity contribution in [2.45, 2.75) is 18.1 Å². The van der Waals surface area contributed by atoms with Gasteiger partial charge in [0, 0.05) is 11.3 Å². The van der Waals surface area contributed by atoms with E-state index in [-0.39, 0.29) is 17.4 Å². The zero-order valence-corrected chi connectivity index (χ0v) is 13.3. The fourth-order valence-corrected chi connectivity index (χ4v) is 3.50. The lowest BCUT2D eigenvalue weighted by Gasteiger charge is -2.06. The summed E-state index contributed by atoms with van der Waals surface area (Å²) in [5.41, 5.74) is 7.65. The van der Waals surface area contributed by atoms with Gasteiger partial charge in [-0.15, -0.1) is 11.8 Å². The van der Waals surface area contributed by atoms with Crippen molar-refractivity contribution in [3.8, 4) is 0 Å². The molecule has 7 heteroatoms. The minimum Gasteiger partial charge on any atom is -0.375 e. The van der Waals surface area contributed by atoms with Crippen molar-refractivity contribution >= 4 is 45.6 Å². The first-order valence-electron chi connectivity index (χ1n) is 6.22. The molecule has 0 spiro atoms. The third-order valence-corrected chi connectivity index (χ3v) is 5.01. The van der Waals surface area contributed by atoms with Crippen molar-refractivity contribution in [2.24, 2.45) is 0 Å². The summed E-state index contributed by atoms with van der Waals surface area (Å²) in [5.74, 6) is 0.107. The van der Waals surface area contributed by atoms with Crippen LogP contribution in [0.1, 0.15) is 23.0 Å². The first kappa shape index (κ1) is 15.5. The van der Waals surface area contributed by atoms with Crippen LogP contribution in [0.25, 0.3) is 0 Å². The molecule has 0 fully saturated rings. The summed E-state index contributed by atoms with van der Waals surface area (Å²) in [6, 6.07) is 6.88. The van der Waals surface area contributed by atoms with Crippen LogP contribution in [0.2, 0.25) is 0 Å². The summed E-state index contributed by atoms with van der Waals surface area (Å²) in [6.45, 7) is 3.36. The van der Waals surface area contributed by atoms with Gasteiger partial charge in [0.15, 0.2) is 10.9 Å². The van der Waals surface area contributed by atoms with Crippen molar-refractivity contribution < 1.29 is 9.59 Å². The van der Waals surface area contributed by atoms with Gasteiger partial charge in [0.1, 0.15) is 0 Å². The predicted octanol–water partition coefficient (Wildman–Crippen LogP) is 2.97. The van der Waals surface area contributed by atoms with E-state index in [9.17, 15) is 9.59 Å². The molecule has 0 aliphatic carbocycles. The molecule has 0 bridgehead atoms. The van der Waals surface area contributed by atoms with Gasteiger partial charge in [0.2, 0.25) is 5.91 Å². The van der Waals surface area contributed by atoms with Crippen LogP contribution >= 0.6 is 23.1 Å². The number of hydrogen-bond acceptors (Lipinski definition) is 6. The average Bonchev–Trinajstić information content (AvgIpc) is 2.75. The van der Waals surface area contributed by atoms with E-state index < -0.39 is 0 Å². The molecule has 0 unspecified atom stereocenters. The molecule has 0 atom stereocenters. The lowest BCUT2D eigenvalue weighted by Crippen LogP contribution is -2.14. The number of nitrogens with one attached hydrogen (secondary N) is 1. The molecular formula is C14H15N3O2S2. The van der Waals surface area contributed by atoms with Crippen LogP contribution in [0.5, 0.6) is 0 Å². The summed E-state index contributed by atoms with van der Waals surface area (Å²) in [7, 11) is 0. The van der Waals surface area contributed by atoms with Gasteiger partial charge >= 0.3 is 0 Å². The van der Waals surface area contributed by atoms with Crippen LogP contribution in [-0.2, 0) is 4.79 Å². The molecule has 1 amide bonds. The number of Topliss-reactive ketones (excluding diaryl/α,β-unsaturated/α-hetero) is 1. The number of carbonyl (C=O) groups is 2. The van der Waals surface area contributed by atoms with E-state index in [0.717, 1.165) is 9.90 Å². The van der Waals surface area contributed by atoms with Crippen molar-refractivity contribution in [1.82, 2.24) is 4.98 Å². The number of benzene rings is 1. The second-order valence-electron chi connectivity index (χ2n) is 4.40. The number of hydrogen-bond donors (Lipinski definition) is 2. The van der Waals surface area contributed by atoms with Crippen LogP contribution in [0.15, 0.2) is 28.5 Å². The summed E-state index contributed by atoms with van der Waals surface area (Å²) < 4.78 is 0.945. The maximum absolute atomic E-state index is 11.9. The standard InChI is InChI=1S/C14H15N3O2S2/c1-8-13(21-14(15)16-8)20-7-12(19)17-11-5-3-4-10(6-11)9(2)18/h3-6H,7H2,1-2H3,(H2,15,16)(H,17,19). The number of anilines is 2. The molecule has 0 saturated heterocycles. The summed E-state index contributed by atoms with van der Waals surface area (Å²) in [4.78, 5) is 27.3. The van der Waals surface area contributed by atoms with Gasteiger partial charge in [0.25, 0.3) is 0 Å². The van der Waals surface area contributed by atoms with Gasteiger partial charge in [0.05, 0.1) is 15.7 Å². The molecule has 1 heterocycles. The quantitative estimate of drug-likeness (QED) is 0.653. The van der Waals surface area contributed by atoms with Crippen LogP contribution in [-0.4, -0.2) is 22.4 Å². The lowest BCUT2D eigenvalue weighted by molar-refractivity contribution is -0.113. The minimum atomic E-state index is -0.132. The third kappa shape index (κ3) is 4.30. The topological polar surface area (TPSA) is 85.1 Å². The van der Waals surface area contributed by atoms with Crippen molar-refractivity contribution in [3.05, 3.63) is 35.5 Å². The van der Waals surface area contributed by atoms with Gasteiger partial charge in [-0.25, -0.2) is 4.98 Å². The van der Waals surface area contributed by atoms with Gasteiger partial charge in [-0.2, -0.15) is 0 Å². The number of nitrogens with zero attached hydrogens (tertiary/aromatic N) is 1. The fourth-order valence-electron chi connectivity index (χ4n) is 1.68. The number of thiazole rings is 1. The Labute approximate surface area is 131 Å². The Kier molecular flexibility index (Phi) is 4.98. The average molecular weight is 321 g/mol. The molecule has 0 radical (unpaired) electrons. The molecule has 5 nitrogen and oxygen atoms in total. The first-order valence-corrected chi connectivity index (χ1v) is 8.02. The minimum absolute atomic E-state index is 0.0313. The van der Waals surface area contributed by atoms with E-state index in [2.05, 4.69) is 10.3 Å². The highest BCUT2D eigenvalue weighted by molar-refractivity contribution is 8.01. The number of thioether (sulfide) groups is 1. The second-order valence-corrected chi connectivity index (χ2v) is 6.67. The molecule has 0 aliphatic rings. The summed E-state index contributed by atoms with van der Waals surface area (Å²) >= 11 is 2.78. The Hall–Kier alpha value is -1.86. The van der Waals surface area contributed by atoms with Crippen LogP contribution in [0.4, 0.5) is 10.8 Å². The van der Waals surface area contributed by atoms with Crippen LogP contribution < -0.4 is 11.1 Å². The normalized spacial score (nSPS) is 10.4. The van der Waals surface area contributed by atoms with Crippen LogP contribution in [0, 0.1) is 6.92 Å². The van der Waals surface area contributed by atoms with E-state index >= 15 is 0 Å². The third-order valence-electron chi connectivity index (χ3n) is 2.66. The highest BCUT2D eigenvalue weighted by Gasteiger charge is 2.10. The van der Waals surface area contributed by atoms with E-state index in [4.69, 9.17) is 5.73 Å².